The van der Waals surface area contributed by atoms with E-state index in [2.05, 4.69) is 17.1 Å². The molecule has 0 aromatic heterocycles. The van der Waals surface area contributed by atoms with Crippen molar-refractivity contribution in [2.24, 2.45) is 0 Å². The van der Waals surface area contributed by atoms with Crippen LogP contribution in [-0.2, 0) is 0 Å². The van der Waals surface area contributed by atoms with Crippen LogP contribution in [-0.4, -0.2) is 23.6 Å². The Balaban J connectivity index is 2.04. The Morgan fingerprint density at radius 1 is 1.38 bits per heavy atom. The summed E-state index contributed by atoms with van der Waals surface area (Å²) in [4.78, 5) is 0. The van der Waals surface area contributed by atoms with Gasteiger partial charge in [0.1, 0.15) is 0 Å². The van der Waals surface area contributed by atoms with E-state index in [0.717, 1.165) is 11.3 Å². The number of hydrogen-bond donors (Lipinski definition) is 1. The maximum atomic E-state index is 3.50. The van der Waals surface area contributed by atoms with Crippen LogP contribution < -0.4 is 5.32 Å². The maximum absolute atomic E-state index is 3.50. The summed E-state index contributed by atoms with van der Waals surface area (Å²) in [6.45, 7) is 1.27. The van der Waals surface area contributed by atoms with Gasteiger partial charge in [-0.1, -0.05) is 0 Å². The Morgan fingerprint density at radius 3 is 3.25 bits per heavy atom. The highest BCUT2D eigenvalue weighted by Gasteiger charge is 2.31. The highest BCUT2D eigenvalue weighted by atomic mass is 32.2. The van der Waals surface area contributed by atoms with E-state index in [1.807, 2.05) is 0 Å². The van der Waals surface area contributed by atoms with Gasteiger partial charge in [0.25, 0.3) is 0 Å². The molecule has 0 spiro atoms. The molecule has 46 valence electrons. The fraction of sp³-hybridized carbons (Fsp3) is 1.00. The van der Waals surface area contributed by atoms with Crippen molar-refractivity contribution < 1.29 is 0 Å². The SMILES string of the molecule is C1CC2SCCC2N1. The molecule has 0 aromatic rings. The summed E-state index contributed by atoms with van der Waals surface area (Å²) >= 11 is 2.15. The first-order chi connectivity index (χ1) is 3.97. The molecule has 0 aliphatic carbocycles. The van der Waals surface area contributed by atoms with Gasteiger partial charge in [-0.05, 0) is 25.1 Å². The van der Waals surface area contributed by atoms with Gasteiger partial charge in [0, 0.05) is 11.3 Å². The Kier molecular flexibility index (Phi) is 1.23. The molecule has 0 radical (unpaired) electrons. The van der Waals surface area contributed by atoms with Crippen molar-refractivity contribution in [3.05, 3.63) is 0 Å². The van der Waals surface area contributed by atoms with Gasteiger partial charge < -0.3 is 5.32 Å². The Morgan fingerprint density at radius 2 is 2.38 bits per heavy atom. The molecule has 2 rings (SSSR count). The molecule has 0 bridgehead atoms. The van der Waals surface area contributed by atoms with Crippen LogP contribution in [0.3, 0.4) is 0 Å². The molecule has 0 aromatic carbocycles. The Bertz CT molecular complexity index is 74.5. The zero-order valence-electron chi connectivity index (χ0n) is 4.89. The van der Waals surface area contributed by atoms with Gasteiger partial charge in [0.2, 0.25) is 0 Å². The summed E-state index contributed by atoms with van der Waals surface area (Å²) in [7, 11) is 0. The van der Waals surface area contributed by atoms with E-state index in [1.54, 1.807) is 0 Å². The molecule has 2 fully saturated rings. The topological polar surface area (TPSA) is 12.0 Å². The summed E-state index contributed by atoms with van der Waals surface area (Å²) in [6.07, 6.45) is 2.82. The van der Waals surface area contributed by atoms with Crippen LogP contribution in [0.5, 0.6) is 0 Å². The summed E-state index contributed by atoms with van der Waals surface area (Å²) in [5.74, 6) is 1.39. The van der Waals surface area contributed by atoms with Crippen LogP contribution >= 0.6 is 11.8 Å². The van der Waals surface area contributed by atoms with E-state index >= 15 is 0 Å². The van der Waals surface area contributed by atoms with Gasteiger partial charge >= 0.3 is 0 Å². The molecule has 2 heteroatoms. The van der Waals surface area contributed by atoms with Gasteiger partial charge in [-0.3, -0.25) is 0 Å². The van der Waals surface area contributed by atoms with Crippen LogP contribution in [0.25, 0.3) is 0 Å². The molecular formula is C6H11NS. The second-order valence-electron chi connectivity index (χ2n) is 2.55. The molecule has 2 heterocycles. The molecular weight excluding hydrogens is 118 g/mol. The van der Waals surface area contributed by atoms with Gasteiger partial charge in [0.05, 0.1) is 0 Å². The number of fused-ring (bicyclic) bond motifs is 1. The predicted molar refractivity (Wildman–Crippen MR) is 37.3 cm³/mol. The smallest absolute Gasteiger partial charge is 0.0213 e. The normalized spacial score (nSPS) is 45.0. The first-order valence-electron chi connectivity index (χ1n) is 3.32. The summed E-state index contributed by atoms with van der Waals surface area (Å²) in [5.41, 5.74) is 0. The fourth-order valence-electron chi connectivity index (χ4n) is 1.58. The highest BCUT2D eigenvalue weighted by Crippen LogP contribution is 2.32. The quantitative estimate of drug-likeness (QED) is 0.520. The number of hydrogen-bond acceptors (Lipinski definition) is 2. The van der Waals surface area contributed by atoms with E-state index in [4.69, 9.17) is 0 Å². The molecule has 2 saturated heterocycles. The van der Waals surface area contributed by atoms with Crippen molar-refractivity contribution in [3.63, 3.8) is 0 Å². The zero-order valence-corrected chi connectivity index (χ0v) is 5.71. The minimum atomic E-state index is 0.889. The van der Waals surface area contributed by atoms with Crippen LogP contribution in [0.4, 0.5) is 0 Å². The molecule has 2 aliphatic rings. The zero-order chi connectivity index (χ0) is 5.40. The standard InChI is InChI=1S/C6H11NS/c1-3-7-5-2-4-8-6(1)5/h5-7H,1-4H2. The molecule has 2 atom stereocenters. The minimum Gasteiger partial charge on any atom is -0.313 e. The Hall–Kier alpha value is 0.310. The lowest BCUT2D eigenvalue weighted by Crippen LogP contribution is -2.23. The first kappa shape index (κ1) is 5.12. The predicted octanol–water partition coefficient (Wildman–Crippen LogP) is 0.854. The largest absolute Gasteiger partial charge is 0.313 e. The second kappa shape index (κ2) is 1.92. The monoisotopic (exact) mass is 129 g/mol. The second-order valence-corrected chi connectivity index (χ2v) is 3.89. The first-order valence-corrected chi connectivity index (χ1v) is 4.37. The number of nitrogens with one attached hydrogen (secondary N) is 1. The summed E-state index contributed by atoms with van der Waals surface area (Å²) < 4.78 is 0. The summed E-state index contributed by atoms with van der Waals surface area (Å²) in [5, 5.41) is 4.48. The van der Waals surface area contributed by atoms with Crippen molar-refractivity contribution >= 4 is 11.8 Å². The lowest BCUT2D eigenvalue weighted by molar-refractivity contribution is 0.621. The number of thioether (sulfide) groups is 1. The third-order valence-electron chi connectivity index (χ3n) is 2.04. The van der Waals surface area contributed by atoms with Gasteiger partial charge in [0.15, 0.2) is 0 Å². The minimum absolute atomic E-state index is 0.889. The van der Waals surface area contributed by atoms with Crippen molar-refractivity contribution in [1.82, 2.24) is 5.32 Å². The molecule has 8 heavy (non-hydrogen) atoms. The van der Waals surface area contributed by atoms with Gasteiger partial charge in [-0.25, -0.2) is 0 Å². The molecule has 1 nitrogen and oxygen atoms in total. The van der Waals surface area contributed by atoms with Crippen LogP contribution in [0.1, 0.15) is 12.8 Å². The highest BCUT2D eigenvalue weighted by molar-refractivity contribution is 8.00. The molecule has 2 aliphatic heterocycles. The lowest BCUT2D eigenvalue weighted by Gasteiger charge is -2.04. The average Bonchev–Trinajstić information content (AvgIpc) is 2.15. The van der Waals surface area contributed by atoms with Crippen molar-refractivity contribution in [1.29, 1.82) is 0 Å². The van der Waals surface area contributed by atoms with Crippen molar-refractivity contribution in [2.75, 3.05) is 12.3 Å². The Labute approximate surface area is 54.2 Å². The lowest BCUT2D eigenvalue weighted by atomic mass is 10.2. The average molecular weight is 129 g/mol. The van der Waals surface area contributed by atoms with E-state index in [1.165, 1.54) is 25.1 Å². The molecule has 1 N–H and O–H groups in total. The van der Waals surface area contributed by atoms with E-state index < -0.39 is 0 Å². The van der Waals surface area contributed by atoms with Crippen LogP contribution in [0.15, 0.2) is 0 Å². The molecule has 0 saturated carbocycles. The van der Waals surface area contributed by atoms with Crippen LogP contribution in [0.2, 0.25) is 0 Å². The summed E-state index contributed by atoms with van der Waals surface area (Å²) in [6, 6.07) is 0.889. The van der Waals surface area contributed by atoms with Gasteiger partial charge in [-0.15, -0.1) is 0 Å². The van der Waals surface area contributed by atoms with Crippen LogP contribution in [0, 0.1) is 0 Å². The maximum Gasteiger partial charge on any atom is 0.0213 e. The third kappa shape index (κ3) is 0.669. The van der Waals surface area contributed by atoms with E-state index in [-0.39, 0.29) is 0 Å². The van der Waals surface area contributed by atoms with E-state index in [9.17, 15) is 0 Å². The number of rotatable bonds is 0. The van der Waals surface area contributed by atoms with E-state index in [0.29, 0.717) is 0 Å². The molecule has 0 amide bonds. The third-order valence-corrected chi connectivity index (χ3v) is 3.51. The molecule has 2 unspecified atom stereocenters. The van der Waals surface area contributed by atoms with Crippen molar-refractivity contribution in [3.8, 4) is 0 Å². The van der Waals surface area contributed by atoms with Crippen molar-refractivity contribution in [2.45, 2.75) is 24.1 Å². The fourth-order valence-corrected chi connectivity index (χ4v) is 3.02. The van der Waals surface area contributed by atoms with Gasteiger partial charge in [-0.2, -0.15) is 11.8 Å².